The minimum Gasteiger partial charge on any atom is -0.406 e. The number of benzene rings is 3. The van der Waals surface area contributed by atoms with Gasteiger partial charge in [-0.3, -0.25) is 0 Å². The number of aromatic nitrogens is 1. The third-order valence-electron chi connectivity index (χ3n) is 5.05. The SMILES string of the molecule is CC(C)(C)[SiH2]OC(c1ccccc1)(c1ccccc1)c1cccc2cc[nH]c12. The topological polar surface area (TPSA) is 25.0 Å². The van der Waals surface area contributed by atoms with E-state index in [-0.39, 0.29) is 5.04 Å². The van der Waals surface area contributed by atoms with Crippen molar-refractivity contribution < 1.29 is 4.43 Å². The van der Waals surface area contributed by atoms with Crippen LogP contribution in [0.15, 0.2) is 91.1 Å². The van der Waals surface area contributed by atoms with E-state index in [1.165, 1.54) is 22.1 Å². The number of H-pyrrole nitrogens is 1. The van der Waals surface area contributed by atoms with Crippen molar-refractivity contribution in [3.05, 3.63) is 108 Å². The van der Waals surface area contributed by atoms with Gasteiger partial charge < -0.3 is 9.41 Å². The van der Waals surface area contributed by atoms with Gasteiger partial charge in [0.2, 0.25) is 0 Å². The summed E-state index contributed by atoms with van der Waals surface area (Å²) in [5, 5.41) is 1.38. The van der Waals surface area contributed by atoms with E-state index in [0.717, 1.165) is 5.52 Å². The highest BCUT2D eigenvalue weighted by molar-refractivity contribution is 6.32. The highest BCUT2D eigenvalue weighted by Crippen LogP contribution is 2.44. The quantitative estimate of drug-likeness (QED) is 0.342. The van der Waals surface area contributed by atoms with E-state index >= 15 is 0 Å². The fraction of sp³-hybridized carbons (Fsp3) is 0.200. The molecule has 0 saturated heterocycles. The minimum absolute atomic E-state index is 0.179. The van der Waals surface area contributed by atoms with E-state index in [4.69, 9.17) is 4.43 Å². The summed E-state index contributed by atoms with van der Waals surface area (Å²) in [6, 6.07) is 29.9. The van der Waals surface area contributed by atoms with Crippen molar-refractivity contribution >= 4 is 20.7 Å². The molecule has 0 amide bonds. The number of hydrogen-bond donors (Lipinski definition) is 1. The van der Waals surface area contributed by atoms with E-state index in [0.29, 0.717) is 0 Å². The Hall–Kier alpha value is -2.62. The van der Waals surface area contributed by atoms with Gasteiger partial charge in [-0.2, -0.15) is 0 Å². The molecule has 0 aliphatic heterocycles. The Morgan fingerprint density at radius 3 is 1.89 bits per heavy atom. The van der Waals surface area contributed by atoms with E-state index in [9.17, 15) is 0 Å². The van der Waals surface area contributed by atoms with Crippen molar-refractivity contribution in [1.29, 1.82) is 0 Å². The first-order chi connectivity index (χ1) is 13.5. The van der Waals surface area contributed by atoms with Gasteiger partial charge in [0.25, 0.3) is 0 Å². The smallest absolute Gasteiger partial charge is 0.169 e. The van der Waals surface area contributed by atoms with Crippen LogP contribution in [0.4, 0.5) is 0 Å². The normalized spacial score (nSPS) is 12.8. The highest BCUT2D eigenvalue weighted by atomic mass is 28.2. The van der Waals surface area contributed by atoms with Gasteiger partial charge in [0, 0.05) is 11.8 Å². The molecule has 0 saturated carbocycles. The molecule has 0 spiro atoms. The monoisotopic (exact) mass is 385 g/mol. The maximum Gasteiger partial charge on any atom is 0.169 e. The van der Waals surface area contributed by atoms with Gasteiger partial charge >= 0.3 is 0 Å². The summed E-state index contributed by atoms with van der Waals surface area (Å²) in [7, 11) is -0.850. The van der Waals surface area contributed by atoms with Crippen molar-refractivity contribution in [1.82, 2.24) is 4.98 Å². The molecule has 28 heavy (non-hydrogen) atoms. The third-order valence-corrected chi connectivity index (χ3v) is 6.49. The van der Waals surface area contributed by atoms with Crippen LogP contribution in [0, 0.1) is 0 Å². The molecule has 0 aliphatic rings. The van der Waals surface area contributed by atoms with Gasteiger partial charge in [-0.25, -0.2) is 0 Å². The highest BCUT2D eigenvalue weighted by Gasteiger charge is 2.39. The molecule has 0 bridgehead atoms. The minimum atomic E-state index is -0.850. The van der Waals surface area contributed by atoms with Crippen molar-refractivity contribution in [2.24, 2.45) is 0 Å². The van der Waals surface area contributed by atoms with Crippen LogP contribution >= 0.6 is 0 Å². The lowest BCUT2D eigenvalue weighted by atomic mass is 9.79. The van der Waals surface area contributed by atoms with Crippen LogP contribution in [0.3, 0.4) is 0 Å². The Kier molecular flexibility index (Phi) is 4.96. The van der Waals surface area contributed by atoms with Crippen LogP contribution in [-0.4, -0.2) is 14.7 Å². The average molecular weight is 386 g/mol. The molecule has 142 valence electrons. The van der Waals surface area contributed by atoms with Crippen LogP contribution in [0.5, 0.6) is 0 Å². The van der Waals surface area contributed by atoms with Gasteiger partial charge in [0.1, 0.15) is 5.60 Å². The summed E-state index contributed by atoms with van der Waals surface area (Å²) < 4.78 is 7.05. The third kappa shape index (κ3) is 3.43. The second kappa shape index (κ2) is 7.42. The Bertz CT molecular complexity index is 1010. The molecule has 3 heteroatoms. The summed E-state index contributed by atoms with van der Waals surface area (Å²) in [5.74, 6) is 0. The molecule has 1 heterocycles. The van der Waals surface area contributed by atoms with Crippen LogP contribution in [-0.2, 0) is 10.0 Å². The maximum atomic E-state index is 7.05. The van der Waals surface area contributed by atoms with E-state index in [1.807, 2.05) is 6.20 Å². The molecular weight excluding hydrogens is 358 g/mol. The first-order valence-corrected chi connectivity index (χ1v) is 11.1. The maximum absolute atomic E-state index is 7.05. The molecule has 4 aromatic rings. The van der Waals surface area contributed by atoms with Crippen LogP contribution in [0.1, 0.15) is 37.5 Å². The van der Waals surface area contributed by atoms with Gasteiger partial charge in [0.05, 0.1) is 5.52 Å². The predicted octanol–water partition coefficient (Wildman–Crippen LogP) is 5.78. The van der Waals surface area contributed by atoms with Crippen molar-refractivity contribution in [2.45, 2.75) is 31.4 Å². The summed E-state index contributed by atoms with van der Waals surface area (Å²) in [4.78, 5) is 3.47. The molecule has 2 nitrogen and oxygen atoms in total. The number of fused-ring (bicyclic) bond motifs is 1. The Morgan fingerprint density at radius 2 is 1.32 bits per heavy atom. The van der Waals surface area contributed by atoms with Gasteiger partial charge in [-0.15, -0.1) is 0 Å². The molecule has 4 rings (SSSR count). The zero-order valence-corrected chi connectivity index (χ0v) is 18.2. The molecule has 3 aromatic carbocycles. The van der Waals surface area contributed by atoms with Crippen LogP contribution in [0.2, 0.25) is 5.04 Å². The fourth-order valence-electron chi connectivity index (χ4n) is 3.77. The van der Waals surface area contributed by atoms with E-state index in [2.05, 4.69) is 111 Å². The summed E-state index contributed by atoms with van der Waals surface area (Å²) in [5.41, 5.74) is 4.01. The molecule has 0 aliphatic carbocycles. The summed E-state index contributed by atoms with van der Waals surface area (Å²) in [6.45, 7) is 6.82. The Labute approximate surface area is 169 Å². The lowest BCUT2D eigenvalue weighted by molar-refractivity contribution is 0.158. The molecule has 0 unspecified atom stereocenters. The second-order valence-corrected chi connectivity index (χ2v) is 11.2. The number of nitrogens with one attached hydrogen (secondary N) is 1. The number of aromatic amines is 1. The first kappa shape index (κ1) is 18.7. The van der Waals surface area contributed by atoms with Crippen molar-refractivity contribution in [2.75, 3.05) is 0 Å². The molecular formula is C25H27NOSi. The van der Waals surface area contributed by atoms with Crippen molar-refractivity contribution in [3.63, 3.8) is 0 Å². The molecule has 0 radical (unpaired) electrons. The largest absolute Gasteiger partial charge is 0.406 e. The number of para-hydroxylation sites is 1. The Balaban J connectivity index is 2.04. The van der Waals surface area contributed by atoms with E-state index in [1.54, 1.807) is 0 Å². The second-order valence-electron chi connectivity index (χ2n) is 8.51. The lowest BCUT2D eigenvalue weighted by Gasteiger charge is -2.38. The molecule has 0 atom stereocenters. The molecule has 1 aromatic heterocycles. The Morgan fingerprint density at radius 1 is 0.714 bits per heavy atom. The number of hydrogen-bond acceptors (Lipinski definition) is 1. The molecule has 1 N–H and O–H groups in total. The lowest BCUT2D eigenvalue weighted by Crippen LogP contribution is -2.36. The van der Waals surface area contributed by atoms with Crippen LogP contribution < -0.4 is 0 Å². The van der Waals surface area contributed by atoms with Gasteiger partial charge in [-0.1, -0.05) is 99.6 Å². The van der Waals surface area contributed by atoms with Crippen LogP contribution in [0.25, 0.3) is 10.9 Å². The summed E-state index contributed by atoms with van der Waals surface area (Å²) >= 11 is 0. The van der Waals surface area contributed by atoms with E-state index < -0.39 is 15.4 Å². The average Bonchev–Trinajstić information content (AvgIpc) is 3.19. The molecule has 0 fully saturated rings. The van der Waals surface area contributed by atoms with Gasteiger partial charge in [-0.05, 0) is 27.6 Å². The fourth-order valence-corrected chi connectivity index (χ4v) is 4.91. The standard InChI is InChI=1S/C25H27NOSi/c1-24(2,3)28-27-25(20-12-6-4-7-13-20,21-14-8-5-9-15-21)22-16-10-11-19-17-18-26-23(19)22/h4-18,26H,28H2,1-3H3. The number of rotatable bonds is 5. The van der Waals surface area contributed by atoms with Gasteiger partial charge in [0.15, 0.2) is 9.76 Å². The summed E-state index contributed by atoms with van der Waals surface area (Å²) in [6.07, 6.45) is 2.01. The first-order valence-electron chi connectivity index (χ1n) is 9.82. The predicted molar refractivity (Wildman–Crippen MR) is 120 cm³/mol. The zero-order chi connectivity index (χ0) is 19.6. The van der Waals surface area contributed by atoms with Crippen molar-refractivity contribution in [3.8, 4) is 0 Å². The zero-order valence-electron chi connectivity index (χ0n) is 16.8.